The van der Waals surface area contributed by atoms with Gasteiger partial charge in [0.2, 0.25) is 6.33 Å². The maximum atomic E-state index is 14.2. The van der Waals surface area contributed by atoms with Crippen LogP contribution in [0.25, 0.3) is 16.7 Å². The van der Waals surface area contributed by atoms with Crippen LogP contribution in [0.5, 0.6) is 0 Å². The molecule has 1 heterocycles. The van der Waals surface area contributed by atoms with E-state index in [1.807, 2.05) is 30.6 Å². The van der Waals surface area contributed by atoms with Crippen LogP contribution in [0, 0.1) is 11.6 Å². The van der Waals surface area contributed by atoms with E-state index in [4.69, 9.17) is 0 Å². The standard InChI is InChI=1S/C19H21F2N2.HI/c1-2-3-4-7-12-22-14-23(19-9-6-5-8-18(19)22)17-11-10-15(20)13-16(17)21;/h5-6,8-11,13-14H,2-4,7,12H2,1H3;1H/q+1;/p-1. The van der Waals surface area contributed by atoms with Crippen LogP contribution in [0.1, 0.15) is 32.6 Å². The fourth-order valence-electron chi connectivity index (χ4n) is 2.93. The van der Waals surface area contributed by atoms with E-state index < -0.39 is 11.6 Å². The Bertz CT molecular complexity index is 814. The first kappa shape index (κ1) is 18.8. The van der Waals surface area contributed by atoms with Crippen LogP contribution in [-0.4, -0.2) is 4.57 Å². The third-order valence-corrected chi connectivity index (χ3v) is 4.13. The molecule has 3 aromatic rings. The van der Waals surface area contributed by atoms with E-state index in [0.717, 1.165) is 30.1 Å². The number of rotatable bonds is 6. The van der Waals surface area contributed by atoms with Crippen molar-refractivity contribution in [2.24, 2.45) is 0 Å². The second kappa shape index (κ2) is 8.55. The highest BCUT2D eigenvalue weighted by Crippen LogP contribution is 2.20. The SMILES string of the molecule is CCCCCC[n+]1cn(-c2ccc(F)cc2F)c2ccccc21.[I-]. The summed E-state index contributed by atoms with van der Waals surface area (Å²) in [5, 5.41) is 0. The molecule has 0 unspecified atom stereocenters. The monoisotopic (exact) mass is 442 g/mol. The van der Waals surface area contributed by atoms with Gasteiger partial charge in [-0.3, -0.25) is 0 Å². The average Bonchev–Trinajstić information content (AvgIpc) is 2.91. The predicted molar refractivity (Wildman–Crippen MR) is 87.5 cm³/mol. The number of unbranched alkanes of at least 4 members (excludes halogenated alkanes) is 3. The first-order valence-corrected chi connectivity index (χ1v) is 8.15. The molecule has 0 radical (unpaired) electrons. The van der Waals surface area contributed by atoms with Gasteiger partial charge in [0, 0.05) is 6.07 Å². The Morgan fingerprint density at radius 2 is 1.79 bits per heavy atom. The molecule has 0 saturated heterocycles. The molecular formula is C19H21F2IN2. The number of hydrogen-bond acceptors (Lipinski definition) is 0. The minimum Gasteiger partial charge on any atom is -1.00 e. The third-order valence-electron chi connectivity index (χ3n) is 4.13. The van der Waals surface area contributed by atoms with Crippen LogP contribution in [0.15, 0.2) is 48.8 Å². The van der Waals surface area contributed by atoms with Gasteiger partial charge in [0.25, 0.3) is 0 Å². The van der Waals surface area contributed by atoms with Crippen molar-refractivity contribution >= 4 is 11.0 Å². The lowest BCUT2D eigenvalue weighted by Crippen LogP contribution is -3.00. The summed E-state index contributed by atoms with van der Waals surface area (Å²) in [5.41, 5.74) is 2.36. The zero-order valence-corrected chi connectivity index (χ0v) is 15.8. The van der Waals surface area contributed by atoms with Gasteiger partial charge >= 0.3 is 0 Å². The highest BCUT2D eigenvalue weighted by molar-refractivity contribution is 5.74. The quantitative estimate of drug-likeness (QED) is 0.313. The number of benzene rings is 2. The van der Waals surface area contributed by atoms with Crippen molar-refractivity contribution in [1.29, 1.82) is 0 Å². The summed E-state index contributed by atoms with van der Waals surface area (Å²) < 4.78 is 31.3. The number of imidazole rings is 1. The molecule has 0 aliphatic carbocycles. The van der Waals surface area contributed by atoms with E-state index in [1.165, 1.54) is 31.4 Å². The highest BCUT2D eigenvalue weighted by atomic mass is 127. The second-order valence-corrected chi connectivity index (χ2v) is 5.82. The second-order valence-electron chi connectivity index (χ2n) is 5.82. The Morgan fingerprint density at radius 3 is 2.54 bits per heavy atom. The molecule has 0 aliphatic heterocycles. The van der Waals surface area contributed by atoms with Crippen molar-refractivity contribution in [1.82, 2.24) is 4.57 Å². The fraction of sp³-hybridized carbons (Fsp3) is 0.316. The third kappa shape index (κ3) is 3.94. The Labute approximate surface area is 158 Å². The topological polar surface area (TPSA) is 8.81 Å². The molecule has 0 bridgehead atoms. The van der Waals surface area contributed by atoms with Gasteiger partial charge < -0.3 is 24.0 Å². The van der Waals surface area contributed by atoms with Crippen LogP contribution in [-0.2, 0) is 6.54 Å². The smallest absolute Gasteiger partial charge is 0.250 e. The van der Waals surface area contributed by atoms with E-state index in [-0.39, 0.29) is 24.0 Å². The zero-order chi connectivity index (χ0) is 16.2. The fourth-order valence-corrected chi connectivity index (χ4v) is 2.93. The molecule has 24 heavy (non-hydrogen) atoms. The summed E-state index contributed by atoms with van der Waals surface area (Å²) in [4.78, 5) is 0. The average molecular weight is 442 g/mol. The normalized spacial score (nSPS) is 10.8. The van der Waals surface area contributed by atoms with Gasteiger partial charge in [0.15, 0.2) is 22.5 Å². The first-order chi connectivity index (χ1) is 11.2. The van der Waals surface area contributed by atoms with Crippen molar-refractivity contribution in [3.05, 3.63) is 60.4 Å². The van der Waals surface area contributed by atoms with Crippen molar-refractivity contribution in [3.8, 4) is 5.69 Å². The van der Waals surface area contributed by atoms with Gasteiger partial charge in [-0.2, -0.15) is 4.57 Å². The van der Waals surface area contributed by atoms with Gasteiger partial charge in [-0.25, -0.2) is 13.3 Å². The van der Waals surface area contributed by atoms with E-state index in [2.05, 4.69) is 11.5 Å². The predicted octanol–water partition coefficient (Wildman–Crippen LogP) is 1.78. The number of fused-ring (bicyclic) bond motifs is 1. The Balaban J connectivity index is 0.00000208. The summed E-state index contributed by atoms with van der Waals surface area (Å²) in [5.74, 6) is -1.11. The Morgan fingerprint density at radius 1 is 1.00 bits per heavy atom. The lowest BCUT2D eigenvalue weighted by atomic mass is 10.2. The van der Waals surface area contributed by atoms with Crippen LogP contribution in [0.4, 0.5) is 8.78 Å². The Hall–Kier alpha value is -1.50. The summed E-state index contributed by atoms with van der Waals surface area (Å²) in [6.45, 7) is 3.09. The number of halogens is 3. The van der Waals surface area contributed by atoms with Crippen molar-refractivity contribution < 1.29 is 37.3 Å². The van der Waals surface area contributed by atoms with Gasteiger partial charge in [-0.05, 0) is 37.1 Å². The number of hydrogen-bond donors (Lipinski definition) is 0. The molecular weight excluding hydrogens is 421 g/mol. The maximum absolute atomic E-state index is 14.2. The van der Waals surface area contributed by atoms with Gasteiger partial charge in [0.1, 0.15) is 5.82 Å². The van der Waals surface area contributed by atoms with Crippen LogP contribution >= 0.6 is 0 Å². The van der Waals surface area contributed by atoms with E-state index in [9.17, 15) is 8.78 Å². The van der Waals surface area contributed by atoms with Crippen LogP contribution in [0.2, 0.25) is 0 Å². The molecule has 0 atom stereocenters. The van der Waals surface area contributed by atoms with Crippen molar-refractivity contribution in [2.75, 3.05) is 0 Å². The first-order valence-electron chi connectivity index (χ1n) is 8.15. The van der Waals surface area contributed by atoms with Gasteiger partial charge in [0.05, 0.1) is 6.54 Å². The van der Waals surface area contributed by atoms with Crippen LogP contribution < -0.4 is 28.5 Å². The summed E-state index contributed by atoms with van der Waals surface area (Å²) in [6, 6.07) is 11.6. The lowest BCUT2D eigenvalue weighted by molar-refractivity contribution is -0.672. The van der Waals surface area contributed by atoms with Crippen LogP contribution in [0.3, 0.4) is 0 Å². The van der Waals surface area contributed by atoms with Crippen molar-refractivity contribution in [2.45, 2.75) is 39.2 Å². The largest absolute Gasteiger partial charge is 1.00 e. The minimum absolute atomic E-state index is 0. The number of aromatic nitrogens is 2. The molecule has 0 N–H and O–H groups in total. The van der Waals surface area contributed by atoms with Crippen molar-refractivity contribution in [3.63, 3.8) is 0 Å². The molecule has 0 fully saturated rings. The number of aryl methyl sites for hydroxylation is 1. The molecule has 0 amide bonds. The summed E-state index contributed by atoms with van der Waals surface area (Å²) >= 11 is 0. The molecule has 128 valence electrons. The zero-order valence-electron chi connectivity index (χ0n) is 13.7. The molecule has 3 rings (SSSR count). The number of para-hydroxylation sites is 2. The van der Waals surface area contributed by atoms with Gasteiger partial charge in [-0.15, -0.1) is 0 Å². The van der Waals surface area contributed by atoms with Gasteiger partial charge in [-0.1, -0.05) is 31.9 Å². The molecule has 5 heteroatoms. The molecule has 0 spiro atoms. The molecule has 2 nitrogen and oxygen atoms in total. The molecule has 0 saturated carbocycles. The molecule has 0 aliphatic rings. The highest BCUT2D eigenvalue weighted by Gasteiger charge is 2.19. The van der Waals surface area contributed by atoms with E-state index in [0.29, 0.717) is 5.69 Å². The molecule has 1 aromatic heterocycles. The number of nitrogens with zero attached hydrogens (tertiary/aromatic N) is 2. The minimum atomic E-state index is -0.560. The summed E-state index contributed by atoms with van der Waals surface area (Å²) in [6.07, 6.45) is 6.62. The summed E-state index contributed by atoms with van der Waals surface area (Å²) in [7, 11) is 0. The maximum Gasteiger partial charge on any atom is 0.250 e. The molecule has 2 aromatic carbocycles. The van der Waals surface area contributed by atoms with E-state index in [1.54, 1.807) is 4.57 Å². The van der Waals surface area contributed by atoms with E-state index >= 15 is 0 Å². The Kier molecular flexibility index (Phi) is 6.71. The lowest BCUT2D eigenvalue weighted by Gasteiger charge is -1.99.